The fourth-order valence-electron chi connectivity index (χ4n) is 3.21. The molecular weight excluding hydrogens is 266 g/mol. The zero-order valence-electron chi connectivity index (χ0n) is 13.1. The van der Waals surface area contributed by atoms with Crippen molar-refractivity contribution in [2.75, 3.05) is 7.05 Å². The van der Waals surface area contributed by atoms with E-state index < -0.39 is 10.8 Å². The molecule has 0 saturated heterocycles. The molecule has 0 aliphatic heterocycles. The van der Waals surface area contributed by atoms with Gasteiger partial charge in [-0.15, -0.1) is 0 Å². The van der Waals surface area contributed by atoms with Crippen molar-refractivity contribution in [3.63, 3.8) is 0 Å². The van der Waals surface area contributed by atoms with Crippen molar-refractivity contribution in [1.82, 2.24) is 5.32 Å². The first-order chi connectivity index (χ1) is 9.43. The maximum Gasteiger partial charge on any atom is 0.0576 e. The van der Waals surface area contributed by atoms with Gasteiger partial charge < -0.3 is 5.32 Å². The van der Waals surface area contributed by atoms with Gasteiger partial charge in [0.2, 0.25) is 0 Å². The minimum absolute atomic E-state index is 0.223. The largest absolute Gasteiger partial charge is 0.316 e. The van der Waals surface area contributed by atoms with Crippen molar-refractivity contribution in [3.8, 4) is 0 Å². The highest BCUT2D eigenvalue weighted by Crippen LogP contribution is 2.40. The Morgan fingerprint density at radius 2 is 1.80 bits per heavy atom. The molecule has 1 aromatic carbocycles. The second-order valence-electron chi connectivity index (χ2n) is 6.92. The van der Waals surface area contributed by atoms with Crippen molar-refractivity contribution in [2.45, 2.75) is 56.2 Å². The van der Waals surface area contributed by atoms with E-state index in [1.54, 1.807) is 0 Å². The summed E-state index contributed by atoms with van der Waals surface area (Å²) in [5, 5.41) is 3.61. The fourth-order valence-corrected chi connectivity index (χ4v) is 4.96. The SMILES string of the molecule is CNC1CCC(C(C)(C)C)CC1S(=O)c1ccccc1. The van der Waals surface area contributed by atoms with Crippen LogP contribution in [0.15, 0.2) is 35.2 Å². The van der Waals surface area contributed by atoms with Crippen LogP contribution in [0.1, 0.15) is 40.0 Å². The van der Waals surface area contributed by atoms with Crippen LogP contribution in [0.3, 0.4) is 0 Å². The summed E-state index contributed by atoms with van der Waals surface area (Å²) in [5.41, 5.74) is 0.303. The minimum Gasteiger partial charge on any atom is -0.316 e. The van der Waals surface area contributed by atoms with Crippen LogP contribution in [0.5, 0.6) is 0 Å². The molecule has 0 bridgehead atoms. The molecule has 2 nitrogen and oxygen atoms in total. The molecule has 4 atom stereocenters. The minimum atomic E-state index is -0.918. The molecule has 1 aliphatic rings. The third-order valence-corrected chi connectivity index (χ3v) is 6.45. The average molecular weight is 293 g/mol. The highest BCUT2D eigenvalue weighted by molar-refractivity contribution is 7.85. The van der Waals surface area contributed by atoms with Crippen LogP contribution < -0.4 is 5.32 Å². The van der Waals surface area contributed by atoms with Crippen molar-refractivity contribution in [3.05, 3.63) is 30.3 Å². The molecule has 0 spiro atoms. The Kier molecular flexibility index (Phi) is 5.03. The van der Waals surface area contributed by atoms with Crippen LogP contribution in [-0.4, -0.2) is 22.5 Å². The van der Waals surface area contributed by atoms with E-state index in [2.05, 4.69) is 26.1 Å². The number of nitrogens with one attached hydrogen (secondary N) is 1. The summed E-state index contributed by atoms with van der Waals surface area (Å²) in [6, 6.07) is 10.3. The molecule has 0 amide bonds. The summed E-state index contributed by atoms with van der Waals surface area (Å²) >= 11 is 0. The van der Waals surface area contributed by atoms with E-state index in [4.69, 9.17) is 0 Å². The van der Waals surface area contributed by atoms with Gasteiger partial charge in [-0.05, 0) is 49.8 Å². The number of hydrogen-bond acceptors (Lipinski definition) is 2. The topological polar surface area (TPSA) is 29.1 Å². The lowest BCUT2D eigenvalue weighted by Gasteiger charge is -2.41. The maximum absolute atomic E-state index is 12.9. The summed E-state index contributed by atoms with van der Waals surface area (Å²) in [6.07, 6.45) is 3.41. The lowest BCUT2D eigenvalue weighted by Crippen LogP contribution is -2.46. The molecule has 2 rings (SSSR count). The molecule has 0 heterocycles. The van der Waals surface area contributed by atoms with Gasteiger partial charge in [-0.3, -0.25) is 4.21 Å². The van der Waals surface area contributed by atoms with Crippen LogP contribution >= 0.6 is 0 Å². The summed E-state index contributed by atoms with van der Waals surface area (Å²) < 4.78 is 12.9. The molecule has 20 heavy (non-hydrogen) atoms. The van der Waals surface area contributed by atoms with E-state index >= 15 is 0 Å². The summed E-state index contributed by atoms with van der Waals surface area (Å²) in [4.78, 5) is 0.965. The normalized spacial score (nSPS) is 29.1. The Hall–Kier alpha value is -0.670. The van der Waals surface area contributed by atoms with Gasteiger partial charge in [0.1, 0.15) is 0 Å². The molecule has 0 aromatic heterocycles. The third-order valence-electron chi connectivity index (χ3n) is 4.64. The van der Waals surface area contributed by atoms with Gasteiger partial charge >= 0.3 is 0 Å². The van der Waals surface area contributed by atoms with Crippen LogP contribution in [0.4, 0.5) is 0 Å². The molecular formula is C17H27NOS. The molecule has 112 valence electrons. The molecule has 1 saturated carbocycles. The first-order valence-electron chi connectivity index (χ1n) is 7.56. The Labute approximate surface area is 125 Å². The van der Waals surface area contributed by atoms with Gasteiger partial charge in [0.15, 0.2) is 0 Å². The van der Waals surface area contributed by atoms with Crippen LogP contribution in [0.2, 0.25) is 0 Å². The predicted molar refractivity (Wildman–Crippen MR) is 86.3 cm³/mol. The quantitative estimate of drug-likeness (QED) is 0.922. The predicted octanol–water partition coefficient (Wildman–Crippen LogP) is 3.60. The Bertz CT molecular complexity index is 452. The van der Waals surface area contributed by atoms with Crippen molar-refractivity contribution < 1.29 is 4.21 Å². The standard InChI is InChI=1S/C17H27NOS/c1-17(2,3)13-10-11-15(18-4)16(12-13)20(19)14-8-6-5-7-9-14/h5-9,13,15-16,18H,10-12H2,1-4H3. The molecule has 0 radical (unpaired) electrons. The zero-order valence-corrected chi connectivity index (χ0v) is 13.9. The molecule has 4 unspecified atom stereocenters. The van der Waals surface area contributed by atoms with E-state index in [1.165, 1.54) is 6.42 Å². The van der Waals surface area contributed by atoms with Gasteiger partial charge in [0.25, 0.3) is 0 Å². The van der Waals surface area contributed by atoms with E-state index in [0.717, 1.165) is 17.7 Å². The third kappa shape index (κ3) is 3.50. The van der Waals surface area contributed by atoms with Gasteiger partial charge in [0, 0.05) is 10.9 Å². The summed E-state index contributed by atoms with van der Waals surface area (Å²) in [7, 11) is 1.08. The van der Waals surface area contributed by atoms with Crippen molar-refractivity contribution in [2.24, 2.45) is 11.3 Å². The Morgan fingerprint density at radius 3 is 2.35 bits per heavy atom. The van der Waals surface area contributed by atoms with Crippen LogP contribution in [-0.2, 0) is 10.8 Å². The Morgan fingerprint density at radius 1 is 1.15 bits per heavy atom. The highest BCUT2D eigenvalue weighted by Gasteiger charge is 2.38. The van der Waals surface area contributed by atoms with Gasteiger partial charge in [-0.1, -0.05) is 39.0 Å². The lowest BCUT2D eigenvalue weighted by molar-refractivity contribution is 0.166. The van der Waals surface area contributed by atoms with Crippen molar-refractivity contribution in [1.29, 1.82) is 0 Å². The molecule has 1 N–H and O–H groups in total. The zero-order chi connectivity index (χ0) is 14.8. The van der Waals surface area contributed by atoms with Crippen molar-refractivity contribution >= 4 is 10.8 Å². The maximum atomic E-state index is 12.9. The van der Waals surface area contributed by atoms with Gasteiger partial charge in [-0.2, -0.15) is 0 Å². The highest BCUT2D eigenvalue weighted by atomic mass is 32.2. The average Bonchev–Trinajstić information content (AvgIpc) is 2.45. The van der Waals surface area contributed by atoms with Crippen LogP contribution in [0, 0.1) is 11.3 Å². The second-order valence-corrected chi connectivity index (χ2v) is 8.59. The fraction of sp³-hybridized carbons (Fsp3) is 0.647. The Balaban J connectivity index is 2.19. The van der Waals surface area contributed by atoms with E-state index in [0.29, 0.717) is 17.4 Å². The lowest BCUT2D eigenvalue weighted by atomic mass is 9.71. The second kappa shape index (κ2) is 6.40. The van der Waals surface area contributed by atoms with Gasteiger partial charge in [-0.25, -0.2) is 0 Å². The van der Waals surface area contributed by atoms with E-state index in [9.17, 15) is 4.21 Å². The molecule has 1 aliphatic carbocycles. The smallest absolute Gasteiger partial charge is 0.0576 e. The van der Waals surface area contributed by atoms with E-state index in [1.807, 2.05) is 37.4 Å². The summed E-state index contributed by atoms with van der Waals surface area (Å²) in [6.45, 7) is 6.92. The number of hydrogen-bond donors (Lipinski definition) is 1. The summed E-state index contributed by atoms with van der Waals surface area (Å²) in [5.74, 6) is 0.657. The first-order valence-corrected chi connectivity index (χ1v) is 8.77. The van der Waals surface area contributed by atoms with Crippen LogP contribution in [0.25, 0.3) is 0 Å². The van der Waals surface area contributed by atoms with Gasteiger partial charge in [0.05, 0.1) is 16.0 Å². The first kappa shape index (κ1) is 15.7. The number of rotatable bonds is 3. The molecule has 1 fully saturated rings. The molecule has 3 heteroatoms. The molecule has 1 aromatic rings. The van der Waals surface area contributed by atoms with E-state index in [-0.39, 0.29) is 5.25 Å². The monoisotopic (exact) mass is 293 g/mol. The number of benzene rings is 1.